The fraction of sp³-hybridized carbons (Fsp3) is 0.690. The summed E-state index contributed by atoms with van der Waals surface area (Å²) in [6, 6.07) is 2.47. The van der Waals surface area contributed by atoms with Crippen LogP contribution in [0.5, 0.6) is 11.5 Å². The van der Waals surface area contributed by atoms with Gasteiger partial charge in [-0.3, -0.25) is 14.4 Å². The minimum atomic E-state index is -0.815. The zero-order valence-electron chi connectivity index (χ0n) is 22.0. The van der Waals surface area contributed by atoms with Crippen LogP contribution in [0.15, 0.2) is 12.1 Å². The van der Waals surface area contributed by atoms with E-state index in [-0.39, 0.29) is 58.9 Å². The van der Waals surface area contributed by atoms with Gasteiger partial charge in [-0.05, 0) is 75.7 Å². The monoisotopic (exact) mass is 530 g/mol. The average molecular weight is 531 g/mol. The average Bonchev–Trinajstić information content (AvgIpc) is 3.52. The SMILES string of the molecule is COc1cc(F)c(O[C@H]2CC[C@@H](C(=O)O)CC2)cc1C(=O)N[C@@H]1[C@H]2CC[C@H](C2)[C@@H]1C(=O)NC1CCCCC1. The molecule has 8 nitrogen and oxygen atoms in total. The lowest BCUT2D eigenvalue weighted by Gasteiger charge is -2.33. The first-order valence-electron chi connectivity index (χ1n) is 14.2. The molecule has 4 saturated carbocycles. The molecule has 2 bridgehead atoms. The molecule has 9 heteroatoms. The van der Waals surface area contributed by atoms with E-state index in [1.807, 2.05) is 0 Å². The van der Waals surface area contributed by atoms with E-state index >= 15 is 0 Å². The van der Waals surface area contributed by atoms with Crippen LogP contribution in [-0.2, 0) is 9.59 Å². The molecule has 4 fully saturated rings. The number of carbonyl (C=O) groups excluding carboxylic acids is 2. The van der Waals surface area contributed by atoms with Crippen LogP contribution in [0.1, 0.15) is 87.4 Å². The van der Waals surface area contributed by atoms with Gasteiger partial charge >= 0.3 is 5.97 Å². The van der Waals surface area contributed by atoms with Crippen molar-refractivity contribution in [2.75, 3.05) is 7.11 Å². The van der Waals surface area contributed by atoms with Crippen LogP contribution in [0.4, 0.5) is 4.39 Å². The van der Waals surface area contributed by atoms with Gasteiger partial charge in [-0.25, -0.2) is 4.39 Å². The summed E-state index contributed by atoms with van der Waals surface area (Å²) in [7, 11) is 1.39. The number of rotatable bonds is 8. The van der Waals surface area contributed by atoms with Gasteiger partial charge in [0.2, 0.25) is 5.91 Å². The molecule has 0 aliphatic heterocycles. The van der Waals surface area contributed by atoms with E-state index in [9.17, 15) is 23.9 Å². The Hall–Kier alpha value is -2.84. The van der Waals surface area contributed by atoms with Crippen molar-refractivity contribution in [2.45, 2.75) is 95.2 Å². The molecule has 0 heterocycles. The second kappa shape index (κ2) is 11.5. The van der Waals surface area contributed by atoms with Crippen LogP contribution in [0.3, 0.4) is 0 Å². The zero-order valence-corrected chi connectivity index (χ0v) is 22.0. The number of methoxy groups -OCH3 is 1. The molecular weight excluding hydrogens is 491 g/mol. The smallest absolute Gasteiger partial charge is 0.306 e. The Morgan fingerprint density at radius 1 is 0.895 bits per heavy atom. The van der Waals surface area contributed by atoms with Crippen LogP contribution in [-0.4, -0.2) is 48.2 Å². The lowest BCUT2D eigenvalue weighted by Crippen LogP contribution is -2.51. The summed E-state index contributed by atoms with van der Waals surface area (Å²) in [5, 5.41) is 15.6. The number of carboxylic acids is 1. The first-order chi connectivity index (χ1) is 18.3. The highest BCUT2D eigenvalue weighted by Crippen LogP contribution is 2.49. The Morgan fingerprint density at radius 2 is 1.61 bits per heavy atom. The van der Waals surface area contributed by atoms with Crippen LogP contribution < -0.4 is 20.1 Å². The van der Waals surface area contributed by atoms with Gasteiger partial charge in [0.1, 0.15) is 5.75 Å². The number of amides is 2. The van der Waals surface area contributed by atoms with Gasteiger partial charge in [0.05, 0.1) is 30.6 Å². The number of carboxylic acid groups (broad SMARTS) is 1. The van der Waals surface area contributed by atoms with E-state index in [1.165, 1.54) is 19.6 Å². The van der Waals surface area contributed by atoms with Crippen molar-refractivity contribution in [3.8, 4) is 11.5 Å². The van der Waals surface area contributed by atoms with Crippen molar-refractivity contribution in [1.82, 2.24) is 10.6 Å². The quantitative estimate of drug-likeness (QED) is 0.458. The molecule has 1 aromatic rings. The lowest BCUT2D eigenvalue weighted by molar-refractivity contribution is -0.143. The highest BCUT2D eigenvalue weighted by molar-refractivity contribution is 5.98. The Morgan fingerprint density at radius 3 is 2.29 bits per heavy atom. The van der Waals surface area contributed by atoms with E-state index < -0.39 is 23.6 Å². The maximum absolute atomic E-state index is 14.9. The molecule has 0 radical (unpaired) electrons. The van der Waals surface area contributed by atoms with Crippen molar-refractivity contribution in [1.29, 1.82) is 0 Å². The number of ether oxygens (including phenoxy) is 2. The summed E-state index contributed by atoms with van der Waals surface area (Å²) in [4.78, 5) is 38.1. The molecular formula is C29H39FN2O6. The van der Waals surface area contributed by atoms with Crippen molar-refractivity contribution in [2.24, 2.45) is 23.7 Å². The fourth-order valence-corrected chi connectivity index (χ4v) is 7.23. The standard InChI is InChI=1S/C29H39FN2O6/c1-37-23-15-22(30)24(38-20-11-9-16(10-12-20)29(35)36)14-21(23)27(33)32-26-18-8-7-17(13-18)25(26)28(34)31-19-5-3-2-4-6-19/h14-20,25-26H,2-13H2,1H3,(H,31,34)(H,32,33)(H,35,36)/t16-,17-,18+,20+,25+,26-/m1/s1. The number of benzene rings is 1. The number of hydrogen-bond donors (Lipinski definition) is 3. The number of carbonyl (C=O) groups is 3. The summed E-state index contributed by atoms with van der Waals surface area (Å²) in [6.45, 7) is 0. The largest absolute Gasteiger partial charge is 0.496 e. The predicted molar refractivity (Wildman–Crippen MR) is 138 cm³/mol. The van der Waals surface area contributed by atoms with Crippen molar-refractivity contribution in [3.05, 3.63) is 23.5 Å². The summed E-state index contributed by atoms with van der Waals surface area (Å²) in [5.74, 6) is -1.90. The highest BCUT2D eigenvalue weighted by atomic mass is 19.1. The van der Waals surface area contributed by atoms with E-state index in [0.717, 1.165) is 51.0 Å². The number of nitrogens with one attached hydrogen (secondary N) is 2. The second-order valence-corrected chi connectivity index (χ2v) is 11.6. The van der Waals surface area contributed by atoms with Crippen LogP contribution >= 0.6 is 0 Å². The Kier molecular flexibility index (Phi) is 8.09. The van der Waals surface area contributed by atoms with E-state index in [2.05, 4.69) is 10.6 Å². The number of aliphatic carboxylic acids is 1. The summed E-state index contributed by atoms with van der Waals surface area (Å²) < 4.78 is 26.1. The van der Waals surface area contributed by atoms with Crippen LogP contribution in [0.25, 0.3) is 0 Å². The molecule has 0 saturated heterocycles. The Bertz CT molecular complexity index is 1050. The van der Waals surface area contributed by atoms with Gasteiger partial charge in [-0.2, -0.15) is 0 Å². The van der Waals surface area contributed by atoms with Gasteiger partial charge in [-0.15, -0.1) is 0 Å². The molecule has 4 atom stereocenters. The first kappa shape index (κ1) is 26.8. The van der Waals surface area contributed by atoms with Crippen molar-refractivity contribution in [3.63, 3.8) is 0 Å². The van der Waals surface area contributed by atoms with E-state index in [0.29, 0.717) is 25.7 Å². The van der Waals surface area contributed by atoms with E-state index in [4.69, 9.17) is 9.47 Å². The summed E-state index contributed by atoms with van der Waals surface area (Å²) in [5.41, 5.74) is 0.164. The number of fused-ring (bicyclic) bond motifs is 2. The predicted octanol–water partition coefficient (Wildman–Crippen LogP) is 4.45. The summed E-state index contributed by atoms with van der Waals surface area (Å²) in [6.07, 6.45) is 10.1. The molecule has 5 rings (SSSR count). The third kappa shape index (κ3) is 5.61. The van der Waals surface area contributed by atoms with Crippen molar-refractivity contribution >= 4 is 17.8 Å². The van der Waals surface area contributed by atoms with Gasteiger partial charge in [-0.1, -0.05) is 19.3 Å². The van der Waals surface area contributed by atoms with Crippen LogP contribution in [0.2, 0.25) is 0 Å². The lowest BCUT2D eigenvalue weighted by atomic mass is 9.83. The molecule has 3 N–H and O–H groups in total. The van der Waals surface area contributed by atoms with Gasteiger partial charge in [0, 0.05) is 18.2 Å². The molecule has 208 valence electrons. The Balaban J connectivity index is 1.29. The van der Waals surface area contributed by atoms with E-state index in [1.54, 1.807) is 0 Å². The van der Waals surface area contributed by atoms with Gasteiger partial charge in [0.15, 0.2) is 11.6 Å². The van der Waals surface area contributed by atoms with Gasteiger partial charge in [0.25, 0.3) is 5.91 Å². The molecule has 1 aromatic carbocycles. The molecule has 0 spiro atoms. The molecule has 4 aliphatic rings. The molecule has 0 unspecified atom stereocenters. The van der Waals surface area contributed by atoms with Gasteiger partial charge < -0.3 is 25.2 Å². The molecule has 38 heavy (non-hydrogen) atoms. The molecule has 2 amide bonds. The molecule has 0 aromatic heterocycles. The van der Waals surface area contributed by atoms with Crippen LogP contribution in [0, 0.1) is 29.5 Å². The first-order valence-corrected chi connectivity index (χ1v) is 14.2. The topological polar surface area (TPSA) is 114 Å². The minimum absolute atomic E-state index is 0.0430. The maximum atomic E-state index is 14.9. The summed E-state index contributed by atoms with van der Waals surface area (Å²) >= 11 is 0. The normalized spacial score (nSPS) is 31.0. The number of halogens is 1. The number of hydrogen-bond acceptors (Lipinski definition) is 5. The fourth-order valence-electron chi connectivity index (χ4n) is 7.23. The third-order valence-corrected chi connectivity index (χ3v) is 9.28. The van der Waals surface area contributed by atoms with Crippen molar-refractivity contribution < 1.29 is 33.4 Å². The highest BCUT2D eigenvalue weighted by Gasteiger charge is 2.51. The Labute approximate surface area is 223 Å². The zero-order chi connectivity index (χ0) is 26.8. The minimum Gasteiger partial charge on any atom is -0.496 e. The third-order valence-electron chi connectivity index (χ3n) is 9.28. The second-order valence-electron chi connectivity index (χ2n) is 11.6. The molecule has 4 aliphatic carbocycles. The maximum Gasteiger partial charge on any atom is 0.306 e.